The van der Waals surface area contributed by atoms with Crippen LogP contribution in [0.1, 0.15) is 6.92 Å². The maximum absolute atomic E-state index is 5.13. The first-order valence-corrected chi connectivity index (χ1v) is 4.71. The van der Waals surface area contributed by atoms with E-state index in [2.05, 4.69) is 6.92 Å². The Morgan fingerprint density at radius 1 is 1.43 bits per heavy atom. The second-order valence-electron chi connectivity index (χ2n) is 1.81. The van der Waals surface area contributed by atoms with Gasteiger partial charge in [0, 0.05) is 0 Å². The molecule has 0 amide bonds. The van der Waals surface area contributed by atoms with Crippen molar-refractivity contribution in [1.29, 1.82) is 0 Å². The van der Waals surface area contributed by atoms with Gasteiger partial charge in [-0.3, -0.25) is 0 Å². The summed E-state index contributed by atoms with van der Waals surface area (Å²) in [7, 11) is 0. The van der Waals surface area contributed by atoms with Crippen LogP contribution < -0.4 is 0 Å². The molecule has 0 saturated carbocycles. The van der Waals surface area contributed by atoms with Crippen LogP contribution >= 0.6 is 0 Å². The Labute approximate surface area is 54.5 Å². The van der Waals surface area contributed by atoms with Gasteiger partial charge < -0.3 is 0 Å². The van der Waals surface area contributed by atoms with Crippen molar-refractivity contribution in [2.75, 3.05) is 13.2 Å². The number of hydrogen-bond acceptors (Lipinski definition) is 2. The summed E-state index contributed by atoms with van der Waals surface area (Å²) in [5, 5.41) is 0. The van der Waals surface area contributed by atoms with Gasteiger partial charge in [0.25, 0.3) is 0 Å². The summed E-state index contributed by atoms with van der Waals surface area (Å²) < 4.78 is 10.3. The summed E-state index contributed by atoms with van der Waals surface area (Å²) in [5.41, 5.74) is 0. The molecular formula is C4H8O2Sn. The molecule has 0 spiro atoms. The Bertz CT molecular complexity index is 51.7. The van der Waals surface area contributed by atoms with Crippen LogP contribution in [0.3, 0.4) is 0 Å². The number of rotatable bonds is 0. The van der Waals surface area contributed by atoms with Crippen molar-refractivity contribution in [3.63, 3.8) is 0 Å². The predicted molar refractivity (Wildman–Crippen MR) is 26.8 cm³/mol. The Hall–Kier alpha value is 0.719. The Balaban J connectivity index is 2.12. The van der Waals surface area contributed by atoms with E-state index in [1.807, 2.05) is 0 Å². The molecule has 3 heteroatoms. The topological polar surface area (TPSA) is 18.5 Å². The SMILES string of the molecule is CC1C[O][Sn][O]C1. The van der Waals surface area contributed by atoms with Crippen molar-refractivity contribution in [3.8, 4) is 0 Å². The third kappa shape index (κ3) is 1.97. The fraction of sp³-hybridized carbons (Fsp3) is 1.00. The van der Waals surface area contributed by atoms with Crippen molar-refractivity contribution in [2.45, 2.75) is 6.92 Å². The van der Waals surface area contributed by atoms with Gasteiger partial charge in [0.15, 0.2) is 0 Å². The van der Waals surface area contributed by atoms with Crippen LogP contribution in [0, 0.1) is 5.92 Å². The van der Waals surface area contributed by atoms with Gasteiger partial charge >= 0.3 is 54.2 Å². The average Bonchev–Trinajstić information content (AvgIpc) is 1.69. The monoisotopic (exact) mass is 208 g/mol. The van der Waals surface area contributed by atoms with E-state index in [9.17, 15) is 0 Å². The molecule has 40 valence electrons. The fourth-order valence-corrected chi connectivity index (χ4v) is 2.69. The third-order valence-corrected chi connectivity index (χ3v) is 2.48. The summed E-state index contributed by atoms with van der Waals surface area (Å²) in [6, 6.07) is 0. The predicted octanol–water partition coefficient (Wildman–Crippen LogP) is 0.204. The zero-order chi connectivity index (χ0) is 5.11. The van der Waals surface area contributed by atoms with E-state index < -0.39 is 22.0 Å². The summed E-state index contributed by atoms with van der Waals surface area (Å²) in [4.78, 5) is 0. The second-order valence-corrected chi connectivity index (χ2v) is 3.93. The molecule has 2 radical (unpaired) electrons. The molecule has 7 heavy (non-hydrogen) atoms. The van der Waals surface area contributed by atoms with E-state index in [-0.39, 0.29) is 0 Å². The average molecular weight is 207 g/mol. The molecule has 0 N–H and O–H groups in total. The molecule has 0 atom stereocenters. The van der Waals surface area contributed by atoms with Crippen LogP contribution in [-0.4, -0.2) is 35.2 Å². The molecule has 0 bridgehead atoms. The van der Waals surface area contributed by atoms with Gasteiger partial charge in [0.1, 0.15) is 0 Å². The van der Waals surface area contributed by atoms with Crippen molar-refractivity contribution >= 4 is 22.0 Å². The van der Waals surface area contributed by atoms with Gasteiger partial charge in [-0.05, 0) is 0 Å². The quantitative estimate of drug-likeness (QED) is 0.528. The van der Waals surface area contributed by atoms with Crippen molar-refractivity contribution in [1.82, 2.24) is 0 Å². The molecular weight excluding hydrogens is 199 g/mol. The molecule has 1 rings (SSSR count). The summed E-state index contributed by atoms with van der Waals surface area (Å²) >= 11 is -0.750. The minimum atomic E-state index is -0.750. The van der Waals surface area contributed by atoms with Crippen LogP contribution in [0.2, 0.25) is 0 Å². The standard InChI is InChI=1S/C4H8O2.Sn/c1-4(2-5)3-6;/h4H,2-3H2,1H3;/q-2;+2. The summed E-state index contributed by atoms with van der Waals surface area (Å²) in [6.45, 7) is 4.01. The Kier molecular flexibility index (Phi) is 2.41. The Morgan fingerprint density at radius 3 is 2.29 bits per heavy atom. The molecule has 0 aliphatic carbocycles. The van der Waals surface area contributed by atoms with E-state index in [1.54, 1.807) is 0 Å². The van der Waals surface area contributed by atoms with Gasteiger partial charge in [-0.2, -0.15) is 0 Å². The molecule has 0 aromatic carbocycles. The molecule has 1 aliphatic heterocycles. The van der Waals surface area contributed by atoms with Gasteiger partial charge in [-0.25, -0.2) is 0 Å². The van der Waals surface area contributed by atoms with E-state index in [4.69, 9.17) is 6.15 Å². The van der Waals surface area contributed by atoms with Crippen molar-refractivity contribution in [3.05, 3.63) is 0 Å². The maximum atomic E-state index is 5.13. The van der Waals surface area contributed by atoms with Crippen molar-refractivity contribution < 1.29 is 6.15 Å². The van der Waals surface area contributed by atoms with Crippen LogP contribution in [0.15, 0.2) is 0 Å². The van der Waals surface area contributed by atoms with Crippen molar-refractivity contribution in [2.24, 2.45) is 5.92 Å². The van der Waals surface area contributed by atoms with Crippen LogP contribution in [0.5, 0.6) is 0 Å². The van der Waals surface area contributed by atoms with Gasteiger partial charge in [0.2, 0.25) is 0 Å². The van der Waals surface area contributed by atoms with Crippen LogP contribution in [0.4, 0.5) is 0 Å². The first kappa shape index (κ1) is 5.85. The van der Waals surface area contributed by atoms with E-state index in [0.29, 0.717) is 5.92 Å². The molecule has 1 saturated heterocycles. The van der Waals surface area contributed by atoms with E-state index in [1.165, 1.54) is 0 Å². The Morgan fingerprint density at radius 2 is 2.00 bits per heavy atom. The minimum absolute atomic E-state index is 0.634. The van der Waals surface area contributed by atoms with Gasteiger partial charge in [-0.15, -0.1) is 0 Å². The molecule has 1 aliphatic rings. The summed E-state index contributed by atoms with van der Waals surface area (Å²) in [5.74, 6) is 0.634. The fourth-order valence-electron chi connectivity index (χ4n) is 0.442. The zero-order valence-corrected chi connectivity index (χ0v) is 7.16. The first-order valence-electron chi connectivity index (χ1n) is 2.38. The molecule has 1 heterocycles. The summed E-state index contributed by atoms with van der Waals surface area (Å²) in [6.07, 6.45) is 0. The first-order chi connectivity index (χ1) is 3.39. The van der Waals surface area contributed by atoms with Gasteiger partial charge in [0.05, 0.1) is 0 Å². The molecule has 2 nitrogen and oxygen atoms in total. The van der Waals surface area contributed by atoms with Crippen LogP contribution in [0.25, 0.3) is 0 Å². The van der Waals surface area contributed by atoms with E-state index in [0.717, 1.165) is 13.2 Å². The molecule has 1 fully saturated rings. The normalized spacial score (nSPS) is 25.3. The number of hydrogen-bond donors (Lipinski definition) is 0. The van der Waals surface area contributed by atoms with E-state index >= 15 is 0 Å². The van der Waals surface area contributed by atoms with Crippen LogP contribution in [-0.2, 0) is 6.15 Å². The molecule has 0 unspecified atom stereocenters. The zero-order valence-electron chi connectivity index (χ0n) is 4.31. The molecule has 0 aromatic heterocycles. The van der Waals surface area contributed by atoms with Gasteiger partial charge in [-0.1, -0.05) is 0 Å². The molecule has 0 aromatic rings. The third-order valence-electron chi connectivity index (χ3n) is 0.854. The second kappa shape index (κ2) is 2.89.